The number of hydrogen-bond acceptors (Lipinski definition) is 7. The van der Waals surface area contributed by atoms with Gasteiger partial charge in [0.2, 0.25) is 5.91 Å². The highest BCUT2D eigenvalue weighted by Crippen LogP contribution is 2.30. The van der Waals surface area contributed by atoms with Crippen molar-refractivity contribution in [3.8, 4) is 0 Å². The summed E-state index contributed by atoms with van der Waals surface area (Å²) in [5.74, 6) is 0.319. The zero-order chi connectivity index (χ0) is 19.6. The fourth-order valence-corrected chi connectivity index (χ4v) is 3.87. The molecule has 1 aliphatic heterocycles. The predicted octanol–water partition coefficient (Wildman–Crippen LogP) is 2.82. The maximum Gasteiger partial charge on any atom is 0.228 e. The van der Waals surface area contributed by atoms with E-state index in [-0.39, 0.29) is 11.8 Å². The maximum absolute atomic E-state index is 12.8. The Kier molecular flexibility index (Phi) is 4.44. The van der Waals surface area contributed by atoms with E-state index < -0.39 is 0 Å². The van der Waals surface area contributed by atoms with E-state index in [0.29, 0.717) is 17.0 Å². The highest BCUT2D eigenvalue weighted by Gasteiger charge is 2.26. The van der Waals surface area contributed by atoms with Crippen molar-refractivity contribution < 1.29 is 4.79 Å². The van der Waals surface area contributed by atoms with Crippen molar-refractivity contribution in [3.63, 3.8) is 0 Å². The van der Waals surface area contributed by atoms with E-state index in [1.54, 1.807) is 12.4 Å². The van der Waals surface area contributed by atoms with Crippen molar-refractivity contribution >= 4 is 39.3 Å². The van der Waals surface area contributed by atoms with Crippen molar-refractivity contribution in [3.05, 3.63) is 55.4 Å². The summed E-state index contributed by atoms with van der Waals surface area (Å²) in [6.45, 7) is 1.65. The van der Waals surface area contributed by atoms with Crippen LogP contribution in [0.3, 0.4) is 0 Å². The van der Waals surface area contributed by atoms with E-state index in [1.165, 1.54) is 17.4 Å². The third kappa shape index (κ3) is 3.33. The maximum atomic E-state index is 12.8. The zero-order valence-electron chi connectivity index (χ0n) is 15.7. The lowest BCUT2D eigenvalue weighted by atomic mass is 9.95. The first-order chi connectivity index (χ1) is 14.3. The van der Waals surface area contributed by atoms with Crippen molar-refractivity contribution in [2.24, 2.45) is 5.92 Å². The minimum atomic E-state index is -0.0652. The van der Waals surface area contributed by atoms with Gasteiger partial charge in [0, 0.05) is 60.3 Å². The lowest BCUT2D eigenvalue weighted by Gasteiger charge is -2.33. The second-order valence-electron chi connectivity index (χ2n) is 7.08. The van der Waals surface area contributed by atoms with Gasteiger partial charge in [-0.2, -0.15) is 0 Å². The van der Waals surface area contributed by atoms with Crippen LogP contribution in [0.15, 0.2) is 55.4 Å². The molecule has 0 unspecified atom stereocenters. The number of carbonyl (C=O) groups excluding carboxylic acids is 1. The molecule has 1 aromatic carbocycles. The molecule has 8 nitrogen and oxygen atoms in total. The zero-order valence-corrected chi connectivity index (χ0v) is 15.7. The van der Waals surface area contributed by atoms with Crippen LogP contribution in [0.25, 0.3) is 21.9 Å². The van der Waals surface area contributed by atoms with Crippen LogP contribution in [0.4, 0.5) is 11.5 Å². The highest BCUT2D eigenvalue weighted by atomic mass is 16.2. The summed E-state index contributed by atoms with van der Waals surface area (Å²) in [6.07, 6.45) is 9.79. The molecule has 0 radical (unpaired) electrons. The van der Waals surface area contributed by atoms with Crippen LogP contribution in [0.1, 0.15) is 12.8 Å². The number of nitrogens with zero attached hydrogens (tertiary/aromatic N) is 6. The molecule has 4 aromatic rings. The molecule has 1 amide bonds. The Labute approximate surface area is 167 Å². The number of carbonyl (C=O) groups is 1. The average Bonchev–Trinajstić information content (AvgIpc) is 2.79. The van der Waals surface area contributed by atoms with Crippen molar-refractivity contribution in [1.82, 2.24) is 24.9 Å². The number of pyridine rings is 1. The average molecular weight is 385 g/mol. The van der Waals surface area contributed by atoms with E-state index in [9.17, 15) is 4.79 Å². The molecule has 0 spiro atoms. The molecule has 8 heteroatoms. The molecule has 4 heterocycles. The second-order valence-corrected chi connectivity index (χ2v) is 7.08. The Morgan fingerprint density at radius 2 is 1.86 bits per heavy atom. The van der Waals surface area contributed by atoms with Crippen LogP contribution in [0.2, 0.25) is 0 Å². The first kappa shape index (κ1) is 17.4. The standard InChI is InChI=1S/C21H19N7O/c29-21(27-20-18-19(25-13-26-20)24-9-8-23-18)14-5-10-28(11-6-14)17-3-1-2-15-12-22-7-4-16(15)17/h1-4,7-9,12-14H,5-6,10-11H2,(H,24,25,26,27,29). The van der Waals surface area contributed by atoms with Crippen LogP contribution >= 0.6 is 0 Å². The first-order valence-electron chi connectivity index (χ1n) is 9.60. The van der Waals surface area contributed by atoms with Gasteiger partial charge in [0.25, 0.3) is 0 Å². The molecule has 0 aliphatic carbocycles. The first-order valence-corrected chi connectivity index (χ1v) is 9.60. The topological polar surface area (TPSA) is 96.8 Å². The van der Waals surface area contributed by atoms with Gasteiger partial charge in [-0.1, -0.05) is 12.1 Å². The number of amides is 1. The van der Waals surface area contributed by atoms with Crippen LogP contribution in [-0.2, 0) is 4.79 Å². The molecular formula is C21H19N7O. The Morgan fingerprint density at radius 1 is 1.00 bits per heavy atom. The SMILES string of the molecule is O=C(Nc1ncnc2nccnc12)C1CCN(c2cccc3cnccc23)CC1. The highest BCUT2D eigenvalue weighted by molar-refractivity contribution is 5.98. The monoisotopic (exact) mass is 385 g/mol. The summed E-state index contributed by atoms with van der Waals surface area (Å²) in [7, 11) is 0. The molecule has 3 aromatic heterocycles. The van der Waals surface area contributed by atoms with E-state index in [1.807, 2.05) is 18.5 Å². The van der Waals surface area contributed by atoms with Crippen molar-refractivity contribution in [1.29, 1.82) is 0 Å². The molecule has 1 aliphatic rings. The summed E-state index contributed by atoms with van der Waals surface area (Å²) in [5.41, 5.74) is 2.17. The van der Waals surface area contributed by atoms with Crippen molar-refractivity contribution in [2.75, 3.05) is 23.3 Å². The number of rotatable bonds is 3. The summed E-state index contributed by atoms with van der Waals surface area (Å²) in [5, 5.41) is 5.24. The summed E-state index contributed by atoms with van der Waals surface area (Å²) in [4.78, 5) is 36.0. The molecule has 0 bridgehead atoms. The van der Waals surface area contributed by atoms with Crippen LogP contribution in [0.5, 0.6) is 0 Å². The minimum absolute atomic E-state index is 0.0302. The minimum Gasteiger partial charge on any atom is -0.371 e. The van der Waals surface area contributed by atoms with Gasteiger partial charge in [-0.25, -0.2) is 19.9 Å². The molecule has 0 atom stereocenters. The Hall–Kier alpha value is -3.68. The van der Waals surface area contributed by atoms with Crippen LogP contribution in [-0.4, -0.2) is 43.9 Å². The van der Waals surface area contributed by atoms with Crippen LogP contribution in [0, 0.1) is 5.92 Å². The van der Waals surface area contributed by atoms with Gasteiger partial charge in [0.05, 0.1) is 0 Å². The smallest absolute Gasteiger partial charge is 0.228 e. The van der Waals surface area contributed by atoms with Gasteiger partial charge in [-0.05, 0) is 25.0 Å². The fraction of sp³-hybridized carbons (Fsp3) is 0.238. The van der Waals surface area contributed by atoms with Gasteiger partial charge in [0.1, 0.15) is 6.33 Å². The van der Waals surface area contributed by atoms with Gasteiger partial charge in [-0.3, -0.25) is 9.78 Å². The van der Waals surface area contributed by atoms with E-state index >= 15 is 0 Å². The number of hydrogen-bond donors (Lipinski definition) is 1. The molecule has 0 saturated carbocycles. The number of aromatic nitrogens is 5. The lowest BCUT2D eigenvalue weighted by molar-refractivity contribution is -0.120. The summed E-state index contributed by atoms with van der Waals surface area (Å²) in [6, 6.07) is 8.31. The van der Waals surface area contributed by atoms with E-state index in [0.717, 1.165) is 31.3 Å². The number of nitrogens with one attached hydrogen (secondary N) is 1. The molecule has 1 saturated heterocycles. The molecule has 5 rings (SSSR count). The summed E-state index contributed by atoms with van der Waals surface area (Å²) >= 11 is 0. The third-order valence-corrected chi connectivity index (χ3v) is 5.38. The lowest BCUT2D eigenvalue weighted by Crippen LogP contribution is -2.38. The Bertz CT molecular complexity index is 1180. The Morgan fingerprint density at radius 3 is 2.76 bits per heavy atom. The van der Waals surface area contributed by atoms with E-state index in [2.05, 4.69) is 53.3 Å². The van der Waals surface area contributed by atoms with E-state index in [4.69, 9.17) is 0 Å². The van der Waals surface area contributed by atoms with Gasteiger partial charge < -0.3 is 10.2 Å². The molecule has 1 fully saturated rings. The fourth-order valence-electron chi connectivity index (χ4n) is 3.87. The van der Waals surface area contributed by atoms with Crippen LogP contribution < -0.4 is 10.2 Å². The quantitative estimate of drug-likeness (QED) is 0.579. The molecule has 144 valence electrons. The second kappa shape index (κ2) is 7.38. The number of fused-ring (bicyclic) bond motifs is 2. The third-order valence-electron chi connectivity index (χ3n) is 5.38. The molecule has 29 heavy (non-hydrogen) atoms. The van der Waals surface area contributed by atoms with Gasteiger partial charge in [-0.15, -0.1) is 0 Å². The van der Waals surface area contributed by atoms with Gasteiger partial charge in [0.15, 0.2) is 17.0 Å². The number of anilines is 2. The Balaban J connectivity index is 1.29. The van der Waals surface area contributed by atoms with Gasteiger partial charge >= 0.3 is 0 Å². The molecule has 1 N–H and O–H groups in total. The number of benzene rings is 1. The summed E-state index contributed by atoms with van der Waals surface area (Å²) < 4.78 is 0. The largest absolute Gasteiger partial charge is 0.371 e. The normalized spacial score (nSPS) is 15.0. The van der Waals surface area contributed by atoms with Crippen molar-refractivity contribution in [2.45, 2.75) is 12.8 Å². The number of piperidine rings is 1. The molecular weight excluding hydrogens is 366 g/mol. The predicted molar refractivity (Wildman–Crippen MR) is 110 cm³/mol.